The summed E-state index contributed by atoms with van der Waals surface area (Å²) in [6.45, 7) is 4.16. The summed E-state index contributed by atoms with van der Waals surface area (Å²) < 4.78 is 31.0. The number of ether oxygens (including phenoxy) is 1. The van der Waals surface area contributed by atoms with Crippen molar-refractivity contribution in [2.75, 3.05) is 17.9 Å². The molecule has 1 atom stereocenters. The van der Waals surface area contributed by atoms with Crippen LogP contribution < -0.4 is 14.8 Å². The SMILES string of the molecule is CCOc1cncc(-c2cnc(C(=O)NCC(C)O)s2)n1.FC(F)SNc1ccccc1. The number of benzene rings is 1. The molecule has 1 unspecified atom stereocenters. The van der Waals surface area contributed by atoms with E-state index in [1.807, 2.05) is 13.0 Å². The Labute approximate surface area is 192 Å². The summed E-state index contributed by atoms with van der Waals surface area (Å²) in [6.07, 6.45) is 4.10. The minimum Gasteiger partial charge on any atom is -0.477 e. The average molecular weight is 484 g/mol. The third-order valence-electron chi connectivity index (χ3n) is 3.45. The highest BCUT2D eigenvalue weighted by atomic mass is 32.2. The largest absolute Gasteiger partial charge is 0.477 e. The van der Waals surface area contributed by atoms with Crippen LogP contribution in [0.15, 0.2) is 48.9 Å². The maximum atomic E-state index is 11.8. The molecule has 0 aliphatic carbocycles. The lowest BCUT2D eigenvalue weighted by molar-refractivity contribution is 0.0923. The van der Waals surface area contributed by atoms with E-state index in [1.165, 1.54) is 17.5 Å². The zero-order valence-corrected chi connectivity index (χ0v) is 19.0. The number of carbonyl (C=O) groups is 1. The van der Waals surface area contributed by atoms with Gasteiger partial charge in [-0.2, -0.15) is 8.78 Å². The zero-order valence-electron chi connectivity index (χ0n) is 17.4. The number of nitrogens with zero attached hydrogens (tertiary/aromatic N) is 3. The second kappa shape index (κ2) is 13.6. The van der Waals surface area contributed by atoms with E-state index in [2.05, 4.69) is 25.0 Å². The maximum absolute atomic E-state index is 11.8. The number of alkyl halides is 2. The number of thiazole rings is 1. The Morgan fingerprint density at radius 1 is 1.25 bits per heavy atom. The van der Waals surface area contributed by atoms with Crippen molar-refractivity contribution in [1.29, 1.82) is 0 Å². The molecule has 172 valence electrons. The van der Waals surface area contributed by atoms with E-state index in [0.717, 1.165) is 4.88 Å². The highest BCUT2D eigenvalue weighted by molar-refractivity contribution is 8.00. The molecule has 3 rings (SSSR count). The molecular formula is C20H23F2N5O3S2. The Hall–Kier alpha value is -2.83. The first kappa shape index (κ1) is 25.4. The van der Waals surface area contributed by atoms with Gasteiger partial charge in [-0.05, 0) is 26.0 Å². The van der Waals surface area contributed by atoms with Crippen molar-refractivity contribution < 1.29 is 23.4 Å². The van der Waals surface area contributed by atoms with Crippen LogP contribution in [0, 0.1) is 0 Å². The van der Waals surface area contributed by atoms with Gasteiger partial charge in [0, 0.05) is 30.4 Å². The first-order valence-electron chi connectivity index (χ1n) is 9.51. The number of aliphatic hydroxyl groups excluding tert-OH is 1. The molecule has 0 saturated heterocycles. The summed E-state index contributed by atoms with van der Waals surface area (Å²) in [6, 6.07) is 8.87. The van der Waals surface area contributed by atoms with Crippen LogP contribution in [0.4, 0.5) is 14.5 Å². The number of anilines is 1. The molecule has 3 aromatic rings. The second-order valence-electron chi connectivity index (χ2n) is 6.11. The summed E-state index contributed by atoms with van der Waals surface area (Å²) in [5.74, 6) is -2.26. The topological polar surface area (TPSA) is 109 Å². The van der Waals surface area contributed by atoms with E-state index in [0.29, 0.717) is 40.8 Å². The van der Waals surface area contributed by atoms with Crippen LogP contribution >= 0.6 is 23.3 Å². The number of aromatic nitrogens is 3. The number of hydrogen-bond acceptors (Lipinski definition) is 9. The van der Waals surface area contributed by atoms with E-state index >= 15 is 0 Å². The fourth-order valence-electron chi connectivity index (χ4n) is 2.12. The third kappa shape index (κ3) is 9.12. The van der Waals surface area contributed by atoms with Gasteiger partial charge in [-0.1, -0.05) is 18.2 Å². The zero-order chi connectivity index (χ0) is 23.3. The van der Waals surface area contributed by atoms with Gasteiger partial charge in [0.2, 0.25) is 5.88 Å². The number of amides is 1. The normalized spacial score (nSPS) is 11.3. The van der Waals surface area contributed by atoms with Gasteiger partial charge < -0.3 is 19.9 Å². The summed E-state index contributed by atoms with van der Waals surface area (Å²) in [5.41, 5.74) is 1.30. The molecule has 0 radical (unpaired) electrons. The van der Waals surface area contributed by atoms with Crippen LogP contribution in [0.25, 0.3) is 10.6 Å². The average Bonchev–Trinajstić information content (AvgIpc) is 3.28. The van der Waals surface area contributed by atoms with Crippen LogP contribution in [0.2, 0.25) is 0 Å². The van der Waals surface area contributed by atoms with Gasteiger partial charge in [-0.3, -0.25) is 9.78 Å². The molecule has 32 heavy (non-hydrogen) atoms. The van der Waals surface area contributed by atoms with E-state index in [1.54, 1.807) is 43.6 Å². The molecule has 0 fully saturated rings. The molecule has 0 saturated carbocycles. The number of para-hydroxylation sites is 1. The summed E-state index contributed by atoms with van der Waals surface area (Å²) in [4.78, 5) is 25.0. The van der Waals surface area contributed by atoms with Crippen molar-refractivity contribution in [2.45, 2.75) is 25.7 Å². The molecule has 0 spiro atoms. The standard InChI is InChI=1S/C13H16N4O3S.C7H7F2NS/c1-3-20-11-7-14-5-9(17-11)10-6-16-13(21-10)12(19)15-4-8(2)18;8-7(9)11-10-6-4-2-1-3-5-6/h5-8,18H,3-4H2,1-2H3,(H,15,19);1-5,7,10H. The lowest BCUT2D eigenvalue weighted by Crippen LogP contribution is -2.30. The number of carbonyl (C=O) groups excluding carboxylic acids is 1. The van der Waals surface area contributed by atoms with Gasteiger partial charge in [0.05, 0.1) is 30.0 Å². The smallest absolute Gasteiger partial charge is 0.302 e. The van der Waals surface area contributed by atoms with Gasteiger partial charge in [0.25, 0.3) is 5.91 Å². The third-order valence-corrected chi connectivity index (χ3v) is 5.01. The van der Waals surface area contributed by atoms with Crippen LogP contribution in [0.1, 0.15) is 23.6 Å². The molecule has 2 aromatic heterocycles. The first-order valence-corrected chi connectivity index (χ1v) is 11.2. The number of aliphatic hydroxyl groups is 1. The Kier molecular flexibility index (Phi) is 10.8. The van der Waals surface area contributed by atoms with Crippen molar-refractivity contribution in [2.24, 2.45) is 0 Å². The molecule has 0 bridgehead atoms. The second-order valence-corrected chi connectivity index (χ2v) is 7.94. The van der Waals surface area contributed by atoms with Crippen molar-refractivity contribution in [3.8, 4) is 16.5 Å². The molecule has 1 amide bonds. The highest BCUT2D eigenvalue weighted by Gasteiger charge is 2.14. The molecule has 12 heteroatoms. The Bertz CT molecular complexity index is 961. The van der Waals surface area contributed by atoms with Crippen LogP contribution in [-0.2, 0) is 0 Å². The first-order chi connectivity index (χ1) is 15.4. The Morgan fingerprint density at radius 3 is 2.66 bits per heavy atom. The maximum Gasteiger partial charge on any atom is 0.302 e. The quantitative estimate of drug-likeness (QED) is 0.391. The number of nitrogens with one attached hydrogen (secondary N) is 2. The molecule has 8 nitrogen and oxygen atoms in total. The van der Waals surface area contributed by atoms with Crippen molar-refractivity contribution in [1.82, 2.24) is 20.3 Å². The van der Waals surface area contributed by atoms with Gasteiger partial charge in [-0.25, -0.2) is 9.97 Å². The van der Waals surface area contributed by atoms with E-state index in [4.69, 9.17) is 9.84 Å². The summed E-state index contributed by atoms with van der Waals surface area (Å²) >= 11 is 1.61. The Balaban J connectivity index is 0.000000278. The Morgan fingerprint density at radius 2 is 2.00 bits per heavy atom. The molecule has 1 aromatic carbocycles. The van der Waals surface area contributed by atoms with E-state index in [-0.39, 0.29) is 12.5 Å². The number of rotatable bonds is 9. The minimum atomic E-state index is -2.38. The van der Waals surface area contributed by atoms with Crippen molar-refractivity contribution >= 4 is 34.9 Å². The van der Waals surface area contributed by atoms with Crippen LogP contribution in [-0.4, -0.2) is 51.0 Å². The van der Waals surface area contributed by atoms with Crippen LogP contribution in [0.5, 0.6) is 5.88 Å². The van der Waals surface area contributed by atoms with Crippen molar-refractivity contribution in [3.05, 3.63) is 53.9 Å². The van der Waals surface area contributed by atoms with Gasteiger partial charge in [-0.15, -0.1) is 11.3 Å². The fourth-order valence-corrected chi connectivity index (χ4v) is 3.26. The number of hydrogen-bond donors (Lipinski definition) is 3. The minimum absolute atomic E-state index is 0.188. The molecule has 3 N–H and O–H groups in total. The highest BCUT2D eigenvalue weighted by Crippen LogP contribution is 2.25. The van der Waals surface area contributed by atoms with Crippen LogP contribution in [0.3, 0.4) is 0 Å². The molecule has 0 aliphatic rings. The monoisotopic (exact) mass is 483 g/mol. The summed E-state index contributed by atoms with van der Waals surface area (Å²) in [7, 11) is 0. The lowest BCUT2D eigenvalue weighted by atomic mass is 10.3. The molecular weight excluding hydrogens is 460 g/mol. The van der Waals surface area contributed by atoms with E-state index in [9.17, 15) is 13.6 Å². The van der Waals surface area contributed by atoms with Gasteiger partial charge >= 0.3 is 5.76 Å². The van der Waals surface area contributed by atoms with Gasteiger partial charge in [0.15, 0.2) is 5.01 Å². The molecule has 0 aliphatic heterocycles. The predicted octanol–water partition coefficient (Wildman–Crippen LogP) is 4.08. The fraction of sp³-hybridized carbons (Fsp3) is 0.300. The van der Waals surface area contributed by atoms with Gasteiger partial charge in [0.1, 0.15) is 5.69 Å². The summed E-state index contributed by atoms with van der Waals surface area (Å²) in [5, 5.41) is 12.1. The number of halogens is 2. The lowest BCUT2D eigenvalue weighted by Gasteiger charge is -2.04. The predicted molar refractivity (Wildman–Crippen MR) is 122 cm³/mol. The molecule has 2 heterocycles. The van der Waals surface area contributed by atoms with Crippen molar-refractivity contribution in [3.63, 3.8) is 0 Å². The van der Waals surface area contributed by atoms with E-state index < -0.39 is 11.9 Å².